The van der Waals surface area contributed by atoms with E-state index in [1.165, 1.54) is 0 Å². The van der Waals surface area contributed by atoms with Gasteiger partial charge in [0.05, 0.1) is 6.54 Å². The van der Waals surface area contributed by atoms with Gasteiger partial charge in [0.2, 0.25) is 6.10 Å². The number of cyclic esters (lactones) is 1. The van der Waals surface area contributed by atoms with Crippen molar-refractivity contribution < 1.29 is 22.7 Å². The number of halogens is 3. The molecular weight excluding hydrogens is 165 g/mol. The van der Waals surface area contributed by atoms with Gasteiger partial charge in [-0.3, -0.25) is 0 Å². The first kappa shape index (κ1) is 8.12. The lowest BCUT2D eigenvalue weighted by atomic mass is 10.3. The van der Waals surface area contributed by atoms with Crippen LogP contribution in [0.5, 0.6) is 0 Å². The molecule has 0 aromatic rings. The molecule has 64 valence electrons. The zero-order valence-corrected chi connectivity index (χ0v) is 5.26. The van der Waals surface area contributed by atoms with Gasteiger partial charge in [0.25, 0.3) is 0 Å². The number of nitrogens with two attached hydrogens (primary N) is 1. The summed E-state index contributed by atoms with van der Waals surface area (Å²) in [5, 5.41) is 0.387. The summed E-state index contributed by atoms with van der Waals surface area (Å²) >= 11 is 0. The van der Waals surface area contributed by atoms with E-state index in [0.29, 0.717) is 5.01 Å². The Morgan fingerprint density at radius 2 is 2.18 bits per heavy atom. The molecule has 1 amide bonds. The summed E-state index contributed by atoms with van der Waals surface area (Å²) in [5.41, 5.74) is 0. The predicted octanol–water partition coefficient (Wildman–Crippen LogP) is 0.243. The maximum absolute atomic E-state index is 11.7. The van der Waals surface area contributed by atoms with Gasteiger partial charge in [0.15, 0.2) is 0 Å². The second-order valence-electron chi connectivity index (χ2n) is 2.07. The lowest BCUT2D eigenvalue weighted by Crippen LogP contribution is -2.36. The first-order valence-electron chi connectivity index (χ1n) is 2.71. The summed E-state index contributed by atoms with van der Waals surface area (Å²) in [6.07, 6.45) is -7.75. The molecule has 1 unspecified atom stereocenters. The normalized spacial score (nSPS) is 25.6. The number of hydrogen-bond donors (Lipinski definition) is 1. The summed E-state index contributed by atoms with van der Waals surface area (Å²) in [5.74, 6) is 4.82. The average Bonchev–Trinajstić information content (AvgIpc) is 2.11. The summed E-state index contributed by atoms with van der Waals surface area (Å²) in [4.78, 5) is 10.3. The lowest BCUT2D eigenvalue weighted by molar-refractivity contribution is -0.192. The van der Waals surface area contributed by atoms with Gasteiger partial charge in [-0.1, -0.05) is 0 Å². The SMILES string of the molecule is NN1CC(C(F)(F)F)OC1=O. The van der Waals surface area contributed by atoms with Crippen molar-refractivity contribution >= 4 is 6.09 Å². The zero-order chi connectivity index (χ0) is 8.65. The van der Waals surface area contributed by atoms with Crippen LogP contribution >= 0.6 is 0 Å². The molecule has 0 spiro atoms. The number of nitrogens with zero attached hydrogens (tertiary/aromatic N) is 1. The van der Waals surface area contributed by atoms with Crippen LogP contribution in [0.2, 0.25) is 0 Å². The quantitative estimate of drug-likeness (QED) is 0.418. The van der Waals surface area contributed by atoms with Crippen LogP contribution in [-0.2, 0) is 4.74 Å². The highest BCUT2D eigenvalue weighted by atomic mass is 19.4. The molecule has 2 N–H and O–H groups in total. The lowest BCUT2D eigenvalue weighted by Gasteiger charge is -2.10. The third-order valence-electron chi connectivity index (χ3n) is 1.21. The molecule has 0 aliphatic carbocycles. The van der Waals surface area contributed by atoms with Crippen molar-refractivity contribution in [3.05, 3.63) is 0 Å². The third kappa shape index (κ3) is 1.53. The number of amides is 1. The molecule has 4 nitrogen and oxygen atoms in total. The highest BCUT2D eigenvalue weighted by Crippen LogP contribution is 2.26. The minimum Gasteiger partial charge on any atom is -0.433 e. The van der Waals surface area contributed by atoms with E-state index in [2.05, 4.69) is 4.74 Å². The van der Waals surface area contributed by atoms with E-state index in [-0.39, 0.29) is 0 Å². The van der Waals surface area contributed by atoms with E-state index in [9.17, 15) is 18.0 Å². The number of carbonyl (C=O) groups is 1. The molecule has 0 aromatic heterocycles. The molecule has 1 fully saturated rings. The van der Waals surface area contributed by atoms with Crippen molar-refractivity contribution in [3.8, 4) is 0 Å². The zero-order valence-electron chi connectivity index (χ0n) is 5.26. The van der Waals surface area contributed by atoms with Crippen LogP contribution in [0.25, 0.3) is 0 Å². The summed E-state index contributed by atoms with van der Waals surface area (Å²) in [6, 6.07) is 0. The fourth-order valence-electron chi connectivity index (χ4n) is 0.650. The Bertz CT molecular complexity index is 181. The fourth-order valence-corrected chi connectivity index (χ4v) is 0.650. The highest BCUT2D eigenvalue weighted by molar-refractivity contribution is 5.69. The van der Waals surface area contributed by atoms with Crippen LogP contribution in [0.15, 0.2) is 0 Å². The first-order valence-corrected chi connectivity index (χ1v) is 2.71. The number of hydrazine groups is 1. The van der Waals surface area contributed by atoms with Crippen LogP contribution < -0.4 is 5.84 Å². The molecule has 1 rings (SSSR count). The fraction of sp³-hybridized carbons (Fsp3) is 0.750. The topological polar surface area (TPSA) is 55.6 Å². The van der Waals surface area contributed by atoms with Crippen molar-refractivity contribution in [1.82, 2.24) is 5.01 Å². The molecule has 1 aliphatic heterocycles. The van der Waals surface area contributed by atoms with Gasteiger partial charge in [-0.25, -0.2) is 15.6 Å². The van der Waals surface area contributed by atoms with Gasteiger partial charge in [-0.2, -0.15) is 13.2 Å². The van der Waals surface area contributed by atoms with E-state index in [1.54, 1.807) is 0 Å². The Labute approximate surface area is 59.7 Å². The van der Waals surface area contributed by atoms with E-state index < -0.39 is 24.9 Å². The molecule has 7 heteroatoms. The van der Waals surface area contributed by atoms with Crippen molar-refractivity contribution in [2.45, 2.75) is 12.3 Å². The molecule has 11 heavy (non-hydrogen) atoms. The maximum Gasteiger partial charge on any atom is 0.427 e. The van der Waals surface area contributed by atoms with Gasteiger partial charge < -0.3 is 4.74 Å². The van der Waals surface area contributed by atoms with E-state index in [1.807, 2.05) is 0 Å². The van der Waals surface area contributed by atoms with Gasteiger partial charge in [-0.15, -0.1) is 0 Å². The molecule has 0 radical (unpaired) electrons. The molecule has 0 bridgehead atoms. The van der Waals surface area contributed by atoms with Gasteiger partial charge in [0, 0.05) is 0 Å². The van der Waals surface area contributed by atoms with Crippen LogP contribution in [0.4, 0.5) is 18.0 Å². The predicted molar refractivity (Wildman–Crippen MR) is 27.2 cm³/mol. The molecule has 1 aliphatic rings. The third-order valence-corrected chi connectivity index (χ3v) is 1.21. The molecule has 0 saturated carbocycles. The van der Waals surface area contributed by atoms with Crippen LogP contribution in [0.3, 0.4) is 0 Å². The number of hydrogen-bond acceptors (Lipinski definition) is 3. The van der Waals surface area contributed by atoms with Gasteiger partial charge in [0.1, 0.15) is 0 Å². The molecule has 1 atom stereocenters. The van der Waals surface area contributed by atoms with Crippen molar-refractivity contribution in [1.29, 1.82) is 0 Å². The Morgan fingerprint density at radius 1 is 1.64 bits per heavy atom. The van der Waals surface area contributed by atoms with Crippen LogP contribution in [0, 0.1) is 0 Å². The highest BCUT2D eigenvalue weighted by Gasteiger charge is 2.48. The molecule has 1 heterocycles. The van der Waals surface area contributed by atoms with Crippen molar-refractivity contribution in [2.75, 3.05) is 6.54 Å². The number of rotatable bonds is 0. The van der Waals surface area contributed by atoms with Crippen molar-refractivity contribution in [3.63, 3.8) is 0 Å². The van der Waals surface area contributed by atoms with E-state index >= 15 is 0 Å². The second kappa shape index (κ2) is 2.26. The molecule has 0 aromatic carbocycles. The first-order chi connectivity index (χ1) is 4.91. The Morgan fingerprint density at radius 3 is 2.36 bits per heavy atom. The van der Waals surface area contributed by atoms with Crippen LogP contribution in [-0.4, -0.2) is 29.9 Å². The summed E-state index contributed by atoms with van der Waals surface area (Å²) in [7, 11) is 0. The number of carbonyl (C=O) groups excluding carboxylic acids is 1. The minimum atomic E-state index is -4.52. The largest absolute Gasteiger partial charge is 0.433 e. The Kier molecular flexibility index (Phi) is 1.67. The average molecular weight is 170 g/mol. The van der Waals surface area contributed by atoms with Gasteiger partial charge >= 0.3 is 12.3 Å². The minimum absolute atomic E-state index is 0.387. The van der Waals surface area contributed by atoms with Crippen molar-refractivity contribution in [2.24, 2.45) is 5.84 Å². The summed E-state index contributed by atoms with van der Waals surface area (Å²) < 4.78 is 39.1. The molecule has 1 saturated heterocycles. The smallest absolute Gasteiger partial charge is 0.427 e. The second-order valence-corrected chi connectivity index (χ2v) is 2.07. The monoisotopic (exact) mass is 170 g/mol. The van der Waals surface area contributed by atoms with E-state index in [4.69, 9.17) is 5.84 Å². The standard InChI is InChI=1S/C4H5F3N2O2/c5-4(6,7)2-1-9(8)3(10)11-2/h2H,1,8H2. The Balaban J connectivity index is 2.61. The summed E-state index contributed by atoms with van der Waals surface area (Å²) in [6.45, 7) is -0.637. The van der Waals surface area contributed by atoms with E-state index in [0.717, 1.165) is 0 Å². The number of ether oxygens (including phenoxy) is 1. The van der Waals surface area contributed by atoms with Crippen LogP contribution in [0.1, 0.15) is 0 Å². The Hall–Kier alpha value is -0.980. The van der Waals surface area contributed by atoms with Gasteiger partial charge in [-0.05, 0) is 0 Å². The molecular formula is C4H5F3N2O2. The maximum atomic E-state index is 11.7. The number of alkyl halides is 3.